The van der Waals surface area contributed by atoms with E-state index in [0.29, 0.717) is 16.9 Å². The number of hydrogen-bond acceptors (Lipinski definition) is 5. The summed E-state index contributed by atoms with van der Waals surface area (Å²) in [5.74, 6) is -1.04. The first-order valence-electron chi connectivity index (χ1n) is 10.3. The van der Waals surface area contributed by atoms with Gasteiger partial charge in [-0.15, -0.1) is 0 Å². The Morgan fingerprint density at radius 1 is 1.09 bits per heavy atom. The van der Waals surface area contributed by atoms with Gasteiger partial charge in [0.15, 0.2) is 0 Å². The number of benzene rings is 2. The van der Waals surface area contributed by atoms with E-state index in [4.69, 9.17) is 4.74 Å². The molecule has 1 saturated heterocycles. The van der Waals surface area contributed by atoms with Crippen LogP contribution in [0.1, 0.15) is 33.9 Å². The molecule has 4 rings (SSSR count). The second-order valence-corrected chi connectivity index (χ2v) is 7.85. The third kappa shape index (κ3) is 3.75. The molecule has 0 saturated carbocycles. The summed E-state index contributed by atoms with van der Waals surface area (Å²) in [6.07, 6.45) is 3.30. The molecule has 6 heteroatoms. The highest BCUT2D eigenvalue weighted by Crippen LogP contribution is 2.43. The topological polar surface area (TPSA) is 79.7 Å². The third-order valence-corrected chi connectivity index (χ3v) is 5.70. The van der Waals surface area contributed by atoms with Crippen LogP contribution in [0.5, 0.6) is 5.75 Å². The number of aliphatic hydroxyl groups is 1. The maximum Gasteiger partial charge on any atom is 0.295 e. The highest BCUT2D eigenvalue weighted by atomic mass is 16.5. The Morgan fingerprint density at radius 2 is 1.88 bits per heavy atom. The van der Waals surface area contributed by atoms with Crippen molar-refractivity contribution >= 4 is 17.4 Å². The number of hydrogen-bond donors (Lipinski definition) is 1. The minimum atomic E-state index is -0.800. The fourth-order valence-corrected chi connectivity index (χ4v) is 4.08. The summed E-state index contributed by atoms with van der Waals surface area (Å²) in [6, 6.07) is 15.7. The Morgan fingerprint density at radius 3 is 2.59 bits per heavy atom. The van der Waals surface area contributed by atoms with Gasteiger partial charge in [-0.2, -0.15) is 0 Å². The van der Waals surface area contributed by atoms with Crippen LogP contribution in [-0.4, -0.2) is 33.8 Å². The van der Waals surface area contributed by atoms with E-state index in [2.05, 4.69) is 4.98 Å². The molecule has 32 heavy (non-hydrogen) atoms. The summed E-state index contributed by atoms with van der Waals surface area (Å²) < 4.78 is 5.54. The van der Waals surface area contributed by atoms with Gasteiger partial charge in [-0.05, 0) is 43.2 Å². The van der Waals surface area contributed by atoms with E-state index in [1.165, 1.54) is 12.0 Å². The van der Waals surface area contributed by atoms with Gasteiger partial charge in [-0.3, -0.25) is 14.6 Å². The molecule has 1 fully saturated rings. The molecule has 2 aromatic carbocycles. The Kier molecular flexibility index (Phi) is 5.77. The number of aliphatic hydroxyl groups excluding tert-OH is 1. The fraction of sp³-hybridized carbons (Fsp3) is 0.192. The number of likely N-dealkylation sites (tertiary alicyclic amines) is 1. The molecule has 1 unspecified atom stereocenters. The zero-order chi connectivity index (χ0) is 22.8. The molecule has 2 heterocycles. The maximum absolute atomic E-state index is 13.2. The van der Waals surface area contributed by atoms with Crippen molar-refractivity contribution in [2.45, 2.75) is 26.4 Å². The minimum absolute atomic E-state index is 0.0529. The number of carbonyl (C=O) groups is 2. The van der Waals surface area contributed by atoms with Crippen molar-refractivity contribution in [3.05, 3.63) is 100 Å². The van der Waals surface area contributed by atoms with E-state index in [1.54, 1.807) is 24.5 Å². The van der Waals surface area contributed by atoms with Crippen LogP contribution in [0.15, 0.2) is 72.6 Å². The molecule has 0 radical (unpaired) electrons. The maximum atomic E-state index is 13.2. The van der Waals surface area contributed by atoms with Gasteiger partial charge in [0.05, 0.1) is 18.7 Å². The predicted molar refractivity (Wildman–Crippen MR) is 121 cm³/mol. The molecule has 1 aliphatic rings. The highest BCUT2D eigenvalue weighted by Gasteiger charge is 2.47. The van der Waals surface area contributed by atoms with Crippen LogP contribution in [0.4, 0.5) is 0 Å². The molecule has 1 aliphatic heterocycles. The summed E-state index contributed by atoms with van der Waals surface area (Å²) in [7, 11) is 1.54. The smallest absolute Gasteiger partial charge is 0.295 e. The first kappa shape index (κ1) is 21.3. The predicted octanol–water partition coefficient (Wildman–Crippen LogP) is 4.33. The van der Waals surface area contributed by atoms with E-state index in [0.717, 1.165) is 16.7 Å². The van der Waals surface area contributed by atoms with Crippen LogP contribution >= 0.6 is 0 Å². The standard InChI is InChI=1S/C26H24N2O4/c1-16-10-11-17(2)20(13-16)24(29)22-23(19-8-4-5-9-21(19)32-3)28(26(31)25(22)30)15-18-7-6-12-27-14-18/h4-14,23,29H,15H2,1-3H3/b24-22+. The average molecular weight is 428 g/mol. The number of pyridine rings is 1. The Labute approximate surface area is 186 Å². The molecule has 1 amide bonds. The van der Waals surface area contributed by atoms with Gasteiger partial charge >= 0.3 is 0 Å². The number of aryl methyl sites for hydroxylation is 2. The van der Waals surface area contributed by atoms with E-state index >= 15 is 0 Å². The van der Waals surface area contributed by atoms with Crippen molar-refractivity contribution in [2.75, 3.05) is 7.11 Å². The summed E-state index contributed by atoms with van der Waals surface area (Å²) >= 11 is 0. The number of Topliss-reactive ketones (excluding diaryl/α,β-unsaturated/α-hetero) is 1. The normalized spacial score (nSPS) is 17.6. The van der Waals surface area contributed by atoms with Crippen molar-refractivity contribution in [3.63, 3.8) is 0 Å². The number of nitrogens with zero attached hydrogens (tertiary/aromatic N) is 2. The van der Waals surface area contributed by atoms with Gasteiger partial charge in [0.1, 0.15) is 11.5 Å². The molecule has 0 bridgehead atoms. The van der Waals surface area contributed by atoms with E-state index in [-0.39, 0.29) is 17.9 Å². The van der Waals surface area contributed by atoms with E-state index in [9.17, 15) is 14.7 Å². The number of ketones is 1. The molecule has 1 aromatic heterocycles. The lowest BCUT2D eigenvalue weighted by Gasteiger charge is -2.26. The highest BCUT2D eigenvalue weighted by molar-refractivity contribution is 6.46. The number of carbonyl (C=O) groups excluding carboxylic acids is 2. The van der Waals surface area contributed by atoms with Crippen LogP contribution in [0.2, 0.25) is 0 Å². The van der Waals surface area contributed by atoms with Gasteiger partial charge in [0.2, 0.25) is 0 Å². The van der Waals surface area contributed by atoms with E-state index in [1.807, 2.05) is 56.3 Å². The van der Waals surface area contributed by atoms with Crippen molar-refractivity contribution < 1.29 is 19.4 Å². The lowest BCUT2D eigenvalue weighted by molar-refractivity contribution is -0.140. The SMILES string of the molecule is COc1ccccc1C1/C(=C(\O)c2cc(C)ccc2C)C(=O)C(=O)N1Cc1cccnc1. The summed E-state index contributed by atoms with van der Waals surface area (Å²) in [5, 5.41) is 11.3. The first-order valence-corrected chi connectivity index (χ1v) is 10.3. The summed E-state index contributed by atoms with van der Waals surface area (Å²) in [4.78, 5) is 32.0. The molecule has 3 aromatic rings. The number of ether oxygens (including phenoxy) is 1. The number of methoxy groups -OCH3 is 1. The zero-order valence-corrected chi connectivity index (χ0v) is 18.2. The molecule has 0 spiro atoms. The number of rotatable bonds is 5. The lowest BCUT2D eigenvalue weighted by Crippen LogP contribution is -2.29. The van der Waals surface area contributed by atoms with Crippen LogP contribution in [0.25, 0.3) is 5.76 Å². The number of para-hydroxylation sites is 1. The van der Waals surface area contributed by atoms with Crippen LogP contribution in [0, 0.1) is 13.8 Å². The number of aromatic nitrogens is 1. The Balaban J connectivity index is 1.94. The van der Waals surface area contributed by atoms with Crippen LogP contribution in [-0.2, 0) is 16.1 Å². The second kappa shape index (κ2) is 8.67. The number of amides is 1. The first-order chi connectivity index (χ1) is 15.4. The average Bonchev–Trinajstić information content (AvgIpc) is 3.05. The summed E-state index contributed by atoms with van der Waals surface area (Å²) in [5.41, 5.74) is 3.74. The Hall–Kier alpha value is -3.93. The van der Waals surface area contributed by atoms with Crippen molar-refractivity contribution in [3.8, 4) is 5.75 Å². The van der Waals surface area contributed by atoms with Crippen LogP contribution in [0.3, 0.4) is 0 Å². The monoisotopic (exact) mass is 428 g/mol. The van der Waals surface area contributed by atoms with Crippen molar-refractivity contribution in [1.29, 1.82) is 0 Å². The third-order valence-electron chi connectivity index (χ3n) is 5.70. The van der Waals surface area contributed by atoms with Gasteiger partial charge in [-0.1, -0.05) is 42.0 Å². The second-order valence-electron chi connectivity index (χ2n) is 7.85. The lowest BCUT2D eigenvalue weighted by atomic mass is 9.92. The Bertz CT molecular complexity index is 1220. The van der Waals surface area contributed by atoms with Crippen molar-refractivity contribution in [1.82, 2.24) is 9.88 Å². The van der Waals surface area contributed by atoms with E-state index < -0.39 is 17.7 Å². The van der Waals surface area contributed by atoms with Gasteiger partial charge in [-0.25, -0.2) is 0 Å². The van der Waals surface area contributed by atoms with Gasteiger partial charge in [0, 0.05) is 30.1 Å². The summed E-state index contributed by atoms with van der Waals surface area (Å²) in [6.45, 7) is 3.94. The molecular formula is C26H24N2O4. The fourth-order valence-electron chi connectivity index (χ4n) is 4.08. The molecule has 0 aliphatic carbocycles. The molecule has 1 atom stereocenters. The van der Waals surface area contributed by atoms with Crippen LogP contribution < -0.4 is 4.74 Å². The molecular weight excluding hydrogens is 404 g/mol. The van der Waals surface area contributed by atoms with Gasteiger partial charge in [0.25, 0.3) is 11.7 Å². The largest absolute Gasteiger partial charge is 0.507 e. The minimum Gasteiger partial charge on any atom is -0.507 e. The van der Waals surface area contributed by atoms with Gasteiger partial charge < -0.3 is 14.7 Å². The zero-order valence-electron chi connectivity index (χ0n) is 18.2. The molecule has 1 N–H and O–H groups in total. The molecule has 162 valence electrons. The quantitative estimate of drug-likeness (QED) is 0.372. The molecule has 6 nitrogen and oxygen atoms in total. The van der Waals surface area contributed by atoms with Crippen molar-refractivity contribution in [2.24, 2.45) is 0 Å².